The Kier molecular flexibility index (Phi) is 2.99. The van der Waals surface area contributed by atoms with E-state index in [0.29, 0.717) is 5.41 Å². The van der Waals surface area contributed by atoms with E-state index in [4.69, 9.17) is 0 Å². The van der Waals surface area contributed by atoms with Gasteiger partial charge in [0.1, 0.15) is 0 Å². The topological polar surface area (TPSA) is 20.3 Å². The molecule has 1 saturated carbocycles. The lowest BCUT2D eigenvalue weighted by Gasteiger charge is -2.44. The second kappa shape index (κ2) is 3.69. The first-order chi connectivity index (χ1) is 5.93. The van der Waals surface area contributed by atoms with E-state index in [1.165, 1.54) is 12.8 Å². The standard InChI is InChI=1S/C11H21NO/c1-9-7-11(3,8-9)5-6-12(4)10(2)13/h9H,5-8H2,1-4H3. The zero-order valence-electron chi connectivity index (χ0n) is 9.26. The van der Waals surface area contributed by atoms with Crippen molar-refractivity contribution in [2.45, 2.75) is 40.0 Å². The Morgan fingerprint density at radius 3 is 2.46 bits per heavy atom. The van der Waals surface area contributed by atoms with Crippen LogP contribution in [0.25, 0.3) is 0 Å². The summed E-state index contributed by atoms with van der Waals surface area (Å²) in [4.78, 5) is 12.8. The molecule has 2 heteroatoms. The molecular formula is C11H21NO. The first kappa shape index (κ1) is 10.6. The number of nitrogens with zero attached hydrogens (tertiary/aromatic N) is 1. The Labute approximate surface area is 81.3 Å². The number of carbonyl (C=O) groups excluding carboxylic acids is 1. The summed E-state index contributed by atoms with van der Waals surface area (Å²) in [5.41, 5.74) is 0.517. The van der Waals surface area contributed by atoms with Crippen molar-refractivity contribution in [1.82, 2.24) is 4.90 Å². The minimum Gasteiger partial charge on any atom is -0.346 e. The van der Waals surface area contributed by atoms with Gasteiger partial charge in [0, 0.05) is 20.5 Å². The fourth-order valence-electron chi connectivity index (χ4n) is 2.42. The Morgan fingerprint density at radius 2 is 2.08 bits per heavy atom. The van der Waals surface area contributed by atoms with Gasteiger partial charge in [-0.15, -0.1) is 0 Å². The fraction of sp³-hybridized carbons (Fsp3) is 0.909. The molecule has 1 amide bonds. The third-order valence-corrected chi connectivity index (χ3v) is 3.27. The zero-order chi connectivity index (χ0) is 10.1. The van der Waals surface area contributed by atoms with Crippen LogP contribution in [0.4, 0.5) is 0 Å². The summed E-state index contributed by atoms with van der Waals surface area (Å²) in [5.74, 6) is 1.07. The van der Waals surface area contributed by atoms with E-state index in [1.54, 1.807) is 6.92 Å². The Hall–Kier alpha value is -0.530. The zero-order valence-corrected chi connectivity index (χ0v) is 9.26. The number of amides is 1. The molecule has 2 nitrogen and oxygen atoms in total. The highest BCUT2D eigenvalue weighted by Gasteiger charge is 2.37. The summed E-state index contributed by atoms with van der Waals surface area (Å²) >= 11 is 0. The summed E-state index contributed by atoms with van der Waals surface area (Å²) in [5, 5.41) is 0. The highest BCUT2D eigenvalue weighted by Crippen LogP contribution is 2.47. The summed E-state index contributed by atoms with van der Waals surface area (Å²) in [6, 6.07) is 0. The summed E-state index contributed by atoms with van der Waals surface area (Å²) in [6.07, 6.45) is 3.82. The van der Waals surface area contributed by atoms with Crippen LogP contribution in [-0.4, -0.2) is 24.4 Å². The molecule has 0 heterocycles. The minimum absolute atomic E-state index is 0.177. The lowest BCUT2D eigenvalue weighted by molar-refractivity contribution is -0.128. The van der Waals surface area contributed by atoms with E-state index in [1.807, 2.05) is 11.9 Å². The average Bonchev–Trinajstić information content (AvgIpc) is 1.97. The molecule has 1 rings (SSSR count). The van der Waals surface area contributed by atoms with Gasteiger partial charge in [0.2, 0.25) is 5.91 Å². The lowest BCUT2D eigenvalue weighted by Crippen LogP contribution is -2.37. The molecule has 76 valence electrons. The van der Waals surface area contributed by atoms with Gasteiger partial charge in [-0.2, -0.15) is 0 Å². The molecule has 13 heavy (non-hydrogen) atoms. The monoisotopic (exact) mass is 183 g/mol. The van der Waals surface area contributed by atoms with E-state index >= 15 is 0 Å². The number of hydrogen-bond donors (Lipinski definition) is 0. The molecule has 0 radical (unpaired) electrons. The van der Waals surface area contributed by atoms with Crippen molar-refractivity contribution in [3.63, 3.8) is 0 Å². The first-order valence-corrected chi connectivity index (χ1v) is 5.15. The van der Waals surface area contributed by atoms with Gasteiger partial charge < -0.3 is 4.90 Å². The van der Waals surface area contributed by atoms with Crippen molar-refractivity contribution in [1.29, 1.82) is 0 Å². The first-order valence-electron chi connectivity index (χ1n) is 5.15. The normalized spacial score (nSPS) is 32.5. The molecule has 0 unspecified atom stereocenters. The van der Waals surface area contributed by atoms with Crippen LogP contribution in [0.5, 0.6) is 0 Å². The largest absolute Gasteiger partial charge is 0.346 e. The highest BCUT2D eigenvalue weighted by molar-refractivity contribution is 5.72. The van der Waals surface area contributed by atoms with Crippen molar-refractivity contribution < 1.29 is 4.79 Å². The van der Waals surface area contributed by atoms with Crippen molar-refractivity contribution in [3.05, 3.63) is 0 Å². The van der Waals surface area contributed by atoms with Gasteiger partial charge in [0.05, 0.1) is 0 Å². The predicted molar refractivity (Wildman–Crippen MR) is 54.4 cm³/mol. The smallest absolute Gasteiger partial charge is 0.219 e. The van der Waals surface area contributed by atoms with E-state index in [0.717, 1.165) is 18.9 Å². The quantitative estimate of drug-likeness (QED) is 0.657. The molecule has 0 bridgehead atoms. The number of carbonyl (C=O) groups is 1. The molecule has 1 aliphatic carbocycles. The highest BCUT2D eigenvalue weighted by atomic mass is 16.2. The van der Waals surface area contributed by atoms with Crippen LogP contribution >= 0.6 is 0 Å². The molecular weight excluding hydrogens is 162 g/mol. The van der Waals surface area contributed by atoms with Crippen molar-refractivity contribution in [2.24, 2.45) is 11.3 Å². The molecule has 0 atom stereocenters. The van der Waals surface area contributed by atoms with E-state index in [-0.39, 0.29) is 5.91 Å². The molecule has 0 aromatic rings. The van der Waals surface area contributed by atoms with E-state index < -0.39 is 0 Å². The summed E-state index contributed by atoms with van der Waals surface area (Å²) in [6.45, 7) is 7.18. The van der Waals surface area contributed by atoms with Gasteiger partial charge in [0.25, 0.3) is 0 Å². The SMILES string of the molecule is CC(=O)N(C)CCC1(C)CC(C)C1. The Bertz CT molecular complexity index is 194. The molecule has 1 fully saturated rings. The fourth-order valence-corrected chi connectivity index (χ4v) is 2.42. The maximum Gasteiger partial charge on any atom is 0.219 e. The van der Waals surface area contributed by atoms with Crippen LogP contribution in [0.3, 0.4) is 0 Å². The molecule has 0 spiro atoms. The third-order valence-electron chi connectivity index (χ3n) is 3.27. The van der Waals surface area contributed by atoms with Gasteiger partial charge in [-0.1, -0.05) is 13.8 Å². The van der Waals surface area contributed by atoms with Crippen molar-refractivity contribution >= 4 is 5.91 Å². The van der Waals surface area contributed by atoms with Crippen LogP contribution in [0, 0.1) is 11.3 Å². The molecule has 0 N–H and O–H groups in total. The van der Waals surface area contributed by atoms with Crippen molar-refractivity contribution in [2.75, 3.05) is 13.6 Å². The molecule has 0 saturated heterocycles. The Morgan fingerprint density at radius 1 is 1.54 bits per heavy atom. The van der Waals surface area contributed by atoms with Gasteiger partial charge in [0.15, 0.2) is 0 Å². The van der Waals surface area contributed by atoms with Crippen LogP contribution in [0.2, 0.25) is 0 Å². The molecule has 0 aliphatic heterocycles. The maximum atomic E-state index is 11.0. The summed E-state index contributed by atoms with van der Waals surface area (Å²) < 4.78 is 0. The average molecular weight is 183 g/mol. The van der Waals surface area contributed by atoms with Crippen molar-refractivity contribution in [3.8, 4) is 0 Å². The third kappa shape index (κ3) is 2.71. The van der Waals surface area contributed by atoms with E-state index in [9.17, 15) is 4.79 Å². The minimum atomic E-state index is 0.177. The molecule has 0 aromatic carbocycles. The van der Waals surface area contributed by atoms with E-state index in [2.05, 4.69) is 13.8 Å². The molecule has 1 aliphatic rings. The second-order valence-electron chi connectivity index (χ2n) is 5.01. The van der Waals surface area contributed by atoms with Crippen LogP contribution < -0.4 is 0 Å². The maximum absolute atomic E-state index is 11.0. The lowest BCUT2D eigenvalue weighted by atomic mass is 9.62. The van der Waals surface area contributed by atoms with Gasteiger partial charge in [-0.25, -0.2) is 0 Å². The van der Waals surface area contributed by atoms with Crippen LogP contribution in [0.15, 0.2) is 0 Å². The van der Waals surface area contributed by atoms with Crippen LogP contribution in [0.1, 0.15) is 40.0 Å². The summed E-state index contributed by atoms with van der Waals surface area (Å²) in [7, 11) is 1.88. The van der Waals surface area contributed by atoms with Gasteiger partial charge in [-0.05, 0) is 30.6 Å². The van der Waals surface area contributed by atoms with Gasteiger partial charge >= 0.3 is 0 Å². The second-order valence-corrected chi connectivity index (χ2v) is 5.01. The number of rotatable bonds is 3. The Balaban J connectivity index is 2.23. The molecule has 0 aromatic heterocycles. The van der Waals surface area contributed by atoms with Gasteiger partial charge in [-0.3, -0.25) is 4.79 Å². The number of hydrogen-bond acceptors (Lipinski definition) is 1. The predicted octanol–water partition coefficient (Wildman–Crippen LogP) is 2.29. The van der Waals surface area contributed by atoms with Crippen LogP contribution in [-0.2, 0) is 4.79 Å².